The topological polar surface area (TPSA) is 51.9 Å². The molecule has 0 spiro atoms. The number of hydrogen-bond donors (Lipinski definition) is 1. The molecule has 0 saturated carbocycles. The van der Waals surface area contributed by atoms with Gasteiger partial charge in [-0.3, -0.25) is 4.79 Å². The number of benzene rings is 1. The molecule has 3 rings (SSSR count). The first-order chi connectivity index (χ1) is 12.0. The van der Waals surface area contributed by atoms with Crippen LogP contribution in [0.25, 0.3) is 17.1 Å². The average molecular weight is 336 g/mol. The minimum atomic E-state index is -0.108. The molecule has 1 N–H and O–H groups in total. The summed E-state index contributed by atoms with van der Waals surface area (Å²) in [5.74, 6) is 0.287. The molecule has 1 aromatic carbocycles. The lowest BCUT2D eigenvalue weighted by molar-refractivity contribution is 0.0941. The zero-order chi connectivity index (χ0) is 18.0. The van der Waals surface area contributed by atoms with Crippen molar-refractivity contribution in [2.45, 2.75) is 20.8 Å². The number of carbonyl (C=O) groups excluding carboxylic acids is 1. The summed E-state index contributed by atoms with van der Waals surface area (Å²) in [7, 11) is 1.97. The van der Waals surface area contributed by atoms with Gasteiger partial charge in [0, 0.05) is 19.8 Å². The van der Waals surface area contributed by atoms with Crippen LogP contribution >= 0.6 is 0 Å². The van der Waals surface area contributed by atoms with E-state index in [0.29, 0.717) is 18.2 Å². The van der Waals surface area contributed by atoms with Gasteiger partial charge < -0.3 is 9.88 Å². The van der Waals surface area contributed by atoms with Gasteiger partial charge >= 0.3 is 0 Å². The van der Waals surface area contributed by atoms with E-state index in [4.69, 9.17) is 5.10 Å². The molecule has 2 heterocycles. The van der Waals surface area contributed by atoms with E-state index in [1.165, 1.54) is 0 Å². The van der Waals surface area contributed by atoms with Crippen molar-refractivity contribution in [1.82, 2.24) is 19.7 Å². The number of hydrogen-bond acceptors (Lipinski definition) is 2. The fraction of sp³-hybridized carbons (Fsp3) is 0.300. The van der Waals surface area contributed by atoms with Crippen LogP contribution < -0.4 is 5.32 Å². The molecular formula is C20H24N4O. The lowest BCUT2D eigenvalue weighted by Crippen LogP contribution is -2.29. The van der Waals surface area contributed by atoms with Gasteiger partial charge in [0.2, 0.25) is 0 Å². The second-order valence-electron chi connectivity index (χ2n) is 6.77. The molecule has 1 amide bonds. The molecule has 5 nitrogen and oxygen atoms in total. The molecule has 0 atom stereocenters. The molecule has 0 fully saturated rings. The fourth-order valence-corrected chi connectivity index (χ4v) is 2.74. The Kier molecular flexibility index (Phi) is 4.74. The minimum Gasteiger partial charge on any atom is -0.350 e. The van der Waals surface area contributed by atoms with Crippen molar-refractivity contribution in [3.05, 3.63) is 59.9 Å². The van der Waals surface area contributed by atoms with Gasteiger partial charge in [0.05, 0.1) is 11.4 Å². The van der Waals surface area contributed by atoms with Crippen LogP contribution in [0.15, 0.2) is 48.7 Å². The van der Waals surface area contributed by atoms with Crippen molar-refractivity contribution in [3.63, 3.8) is 0 Å². The Hall–Kier alpha value is -2.82. The summed E-state index contributed by atoms with van der Waals surface area (Å²) in [6, 6.07) is 13.8. The Balaban J connectivity index is 2.06. The van der Waals surface area contributed by atoms with Crippen molar-refractivity contribution >= 4 is 5.91 Å². The molecule has 0 aliphatic heterocycles. The number of amides is 1. The maximum atomic E-state index is 12.7. The Morgan fingerprint density at radius 3 is 2.64 bits per heavy atom. The van der Waals surface area contributed by atoms with Crippen LogP contribution in [0.3, 0.4) is 0 Å². The van der Waals surface area contributed by atoms with Crippen LogP contribution in [0.2, 0.25) is 0 Å². The Labute approximate surface area is 148 Å². The van der Waals surface area contributed by atoms with Gasteiger partial charge in [-0.05, 0) is 48.7 Å². The highest BCUT2D eigenvalue weighted by Gasteiger charge is 2.18. The van der Waals surface area contributed by atoms with E-state index in [-0.39, 0.29) is 5.91 Å². The fourth-order valence-electron chi connectivity index (χ4n) is 2.74. The number of aromatic nitrogens is 3. The van der Waals surface area contributed by atoms with Gasteiger partial charge in [-0.2, -0.15) is 5.10 Å². The van der Waals surface area contributed by atoms with E-state index in [1.54, 1.807) is 4.68 Å². The van der Waals surface area contributed by atoms with Crippen molar-refractivity contribution in [3.8, 4) is 17.1 Å². The third kappa shape index (κ3) is 3.65. The van der Waals surface area contributed by atoms with Crippen LogP contribution in [-0.2, 0) is 7.05 Å². The van der Waals surface area contributed by atoms with E-state index in [1.807, 2.05) is 67.2 Å². The van der Waals surface area contributed by atoms with Crippen LogP contribution in [-0.4, -0.2) is 26.8 Å². The molecule has 3 aromatic rings. The highest BCUT2D eigenvalue weighted by atomic mass is 16.2. The van der Waals surface area contributed by atoms with E-state index in [2.05, 4.69) is 19.2 Å². The summed E-state index contributed by atoms with van der Waals surface area (Å²) in [6.07, 6.45) is 1.97. The lowest BCUT2D eigenvalue weighted by atomic mass is 10.2. The normalized spacial score (nSPS) is 11.1. The predicted octanol–water partition coefficient (Wildman–Crippen LogP) is 3.57. The van der Waals surface area contributed by atoms with Crippen molar-refractivity contribution in [2.24, 2.45) is 13.0 Å². The summed E-state index contributed by atoms with van der Waals surface area (Å²) < 4.78 is 3.73. The average Bonchev–Trinajstić information content (AvgIpc) is 3.18. The summed E-state index contributed by atoms with van der Waals surface area (Å²) in [5, 5.41) is 7.70. The first-order valence-corrected chi connectivity index (χ1v) is 8.52. The van der Waals surface area contributed by atoms with Crippen molar-refractivity contribution in [2.75, 3.05) is 6.54 Å². The molecule has 0 radical (unpaired) electrons. The van der Waals surface area contributed by atoms with E-state index in [9.17, 15) is 4.79 Å². The molecule has 0 aliphatic carbocycles. The van der Waals surface area contributed by atoms with E-state index < -0.39 is 0 Å². The molecule has 130 valence electrons. The second kappa shape index (κ2) is 6.97. The molecule has 5 heteroatoms. The first kappa shape index (κ1) is 17.0. The van der Waals surface area contributed by atoms with Crippen molar-refractivity contribution in [1.29, 1.82) is 0 Å². The SMILES string of the molecule is Cc1cccc(-n2nc(-c3cccn3C)cc2C(=O)NCC(C)C)c1. The van der Waals surface area contributed by atoms with Crippen LogP contribution in [0.4, 0.5) is 0 Å². The summed E-state index contributed by atoms with van der Waals surface area (Å²) >= 11 is 0. The van der Waals surface area contributed by atoms with Crippen LogP contribution in [0.5, 0.6) is 0 Å². The number of nitrogens with one attached hydrogen (secondary N) is 1. The monoisotopic (exact) mass is 336 g/mol. The smallest absolute Gasteiger partial charge is 0.270 e. The third-order valence-electron chi connectivity index (χ3n) is 4.07. The van der Waals surface area contributed by atoms with Crippen LogP contribution in [0.1, 0.15) is 29.9 Å². The quantitative estimate of drug-likeness (QED) is 0.774. The zero-order valence-electron chi connectivity index (χ0n) is 15.2. The first-order valence-electron chi connectivity index (χ1n) is 8.52. The number of rotatable bonds is 5. The predicted molar refractivity (Wildman–Crippen MR) is 99.9 cm³/mol. The largest absolute Gasteiger partial charge is 0.350 e. The second-order valence-corrected chi connectivity index (χ2v) is 6.77. The maximum absolute atomic E-state index is 12.7. The highest BCUT2D eigenvalue weighted by molar-refractivity contribution is 5.94. The van der Waals surface area contributed by atoms with Gasteiger partial charge in [0.25, 0.3) is 5.91 Å². The molecule has 0 bridgehead atoms. The number of nitrogens with zero attached hydrogens (tertiary/aromatic N) is 3. The Morgan fingerprint density at radius 2 is 2.00 bits per heavy atom. The summed E-state index contributed by atoms with van der Waals surface area (Å²) in [5.41, 5.74) is 4.31. The maximum Gasteiger partial charge on any atom is 0.270 e. The molecule has 0 aliphatic rings. The Bertz CT molecular complexity index is 889. The van der Waals surface area contributed by atoms with Gasteiger partial charge in [-0.1, -0.05) is 26.0 Å². The zero-order valence-corrected chi connectivity index (χ0v) is 15.2. The Morgan fingerprint density at radius 1 is 1.20 bits per heavy atom. The van der Waals surface area contributed by atoms with Crippen LogP contribution in [0, 0.1) is 12.8 Å². The highest BCUT2D eigenvalue weighted by Crippen LogP contribution is 2.22. The molecular weight excluding hydrogens is 312 g/mol. The number of carbonyl (C=O) groups is 1. The molecule has 0 saturated heterocycles. The van der Waals surface area contributed by atoms with Gasteiger partial charge in [0.15, 0.2) is 0 Å². The van der Waals surface area contributed by atoms with Gasteiger partial charge in [-0.25, -0.2) is 4.68 Å². The minimum absolute atomic E-state index is 0.108. The van der Waals surface area contributed by atoms with E-state index >= 15 is 0 Å². The summed E-state index contributed by atoms with van der Waals surface area (Å²) in [6.45, 7) is 6.82. The number of aryl methyl sites for hydroxylation is 2. The summed E-state index contributed by atoms with van der Waals surface area (Å²) in [4.78, 5) is 12.7. The molecule has 25 heavy (non-hydrogen) atoms. The lowest BCUT2D eigenvalue weighted by Gasteiger charge is -2.10. The van der Waals surface area contributed by atoms with Gasteiger partial charge in [0.1, 0.15) is 11.4 Å². The van der Waals surface area contributed by atoms with Crippen molar-refractivity contribution < 1.29 is 4.79 Å². The molecule has 2 aromatic heterocycles. The van der Waals surface area contributed by atoms with Gasteiger partial charge in [-0.15, -0.1) is 0 Å². The standard InChI is InChI=1S/C20H24N4O/c1-14(2)13-21-20(25)19-12-17(18-9-6-10-23(18)4)22-24(19)16-8-5-7-15(3)11-16/h5-12,14H,13H2,1-4H3,(H,21,25). The third-order valence-corrected chi connectivity index (χ3v) is 4.07. The van der Waals surface area contributed by atoms with E-state index in [0.717, 1.165) is 22.6 Å². The molecule has 0 unspecified atom stereocenters.